The second-order valence-electron chi connectivity index (χ2n) is 8.06. The summed E-state index contributed by atoms with van der Waals surface area (Å²) in [6, 6.07) is 15.6. The minimum absolute atomic E-state index is 0.00188. The van der Waals surface area contributed by atoms with Crippen LogP contribution in [0.3, 0.4) is 0 Å². The van der Waals surface area contributed by atoms with E-state index < -0.39 is 11.4 Å². The lowest BCUT2D eigenvalue weighted by molar-refractivity contribution is -0.151. The minimum Gasteiger partial charge on any atom is -0.495 e. The summed E-state index contributed by atoms with van der Waals surface area (Å²) in [7, 11) is 1.65. The minimum atomic E-state index is -1.05. The van der Waals surface area contributed by atoms with Crippen LogP contribution in [0.4, 0.5) is 5.69 Å². The van der Waals surface area contributed by atoms with Gasteiger partial charge in [-0.1, -0.05) is 36.4 Å². The topological polar surface area (TPSA) is 78.9 Å². The van der Waals surface area contributed by atoms with Crippen LogP contribution >= 0.6 is 0 Å². The molecule has 1 heterocycles. The third-order valence-corrected chi connectivity index (χ3v) is 6.11. The van der Waals surface area contributed by atoms with Gasteiger partial charge in [-0.15, -0.1) is 0 Å². The number of para-hydroxylation sites is 2. The number of aliphatic carboxylic acids is 1. The van der Waals surface area contributed by atoms with Crippen LogP contribution in [0.25, 0.3) is 0 Å². The summed E-state index contributed by atoms with van der Waals surface area (Å²) in [6.07, 6.45) is 1.64. The first kappa shape index (κ1) is 19.3. The molecule has 1 fully saturated rings. The number of carboxylic acids is 1. The molecule has 1 amide bonds. The van der Waals surface area contributed by atoms with E-state index in [1.54, 1.807) is 7.11 Å². The predicted octanol–water partition coefficient (Wildman–Crippen LogP) is 2.65. The summed E-state index contributed by atoms with van der Waals surface area (Å²) in [5.74, 6) is -0.272. The highest BCUT2D eigenvalue weighted by Gasteiger charge is 2.45. The van der Waals surface area contributed by atoms with Crippen molar-refractivity contribution in [2.24, 2.45) is 5.41 Å². The van der Waals surface area contributed by atoms with Crippen molar-refractivity contribution in [2.75, 3.05) is 25.1 Å². The highest BCUT2D eigenvalue weighted by atomic mass is 16.5. The van der Waals surface area contributed by atoms with Crippen molar-refractivity contribution in [1.29, 1.82) is 0 Å². The zero-order valence-corrected chi connectivity index (χ0v) is 16.6. The van der Waals surface area contributed by atoms with E-state index in [0.717, 1.165) is 35.5 Å². The largest absolute Gasteiger partial charge is 0.495 e. The predicted molar refractivity (Wildman–Crippen MR) is 110 cm³/mol. The maximum Gasteiger partial charge on any atom is 0.310 e. The van der Waals surface area contributed by atoms with E-state index in [1.165, 1.54) is 0 Å². The number of carboxylic acid groups (broad SMARTS) is 1. The van der Waals surface area contributed by atoms with Gasteiger partial charge in [0.1, 0.15) is 5.75 Å². The molecule has 4 rings (SSSR count). The highest BCUT2D eigenvalue weighted by molar-refractivity contribution is 5.86. The van der Waals surface area contributed by atoms with E-state index >= 15 is 0 Å². The molecule has 152 valence electrons. The summed E-state index contributed by atoms with van der Waals surface area (Å²) >= 11 is 0. The molecular weight excluding hydrogens is 368 g/mol. The molecule has 0 bridgehead atoms. The molecule has 0 spiro atoms. The zero-order chi connectivity index (χ0) is 20.4. The molecule has 2 aliphatic rings. The molecule has 1 aliphatic carbocycles. The van der Waals surface area contributed by atoms with Crippen molar-refractivity contribution in [2.45, 2.75) is 31.7 Å². The summed E-state index contributed by atoms with van der Waals surface area (Å²) < 4.78 is 5.44. The summed E-state index contributed by atoms with van der Waals surface area (Å²) in [4.78, 5) is 27.0. The Bertz CT molecular complexity index is 902. The monoisotopic (exact) mass is 394 g/mol. The summed E-state index contributed by atoms with van der Waals surface area (Å²) in [6.45, 7) is 1.51. The van der Waals surface area contributed by atoms with E-state index in [2.05, 4.69) is 10.2 Å². The molecule has 0 radical (unpaired) electrons. The second-order valence-corrected chi connectivity index (χ2v) is 8.06. The number of benzene rings is 2. The Morgan fingerprint density at radius 3 is 2.45 bits per heavy atom. The second kappa shape index (κ2) is 7.78. The molecule has 1 atom stereocenters. The Labute approximate surface area is 170 Å². The van der Waals surface area contributed by atoms with Gasteiger partial charge in [0.25, 0.3) is 0 Å². The highest BCUT2D eigenvalue weighted by Crippen LogP contribution is 2.40. The molecule has 2 aromatic rings. The molecule has 6 heteroatoms. The van der Waals surface area contributed by atoms with Crippen LogP contribution in [-0.2, 0) is 22.4 Å². The van der Waals surface area contributed by atoms with Crippen LogP contribution in [0.15, 0.2) is 48.5 Å². The van der Waals surface area contributed by atoms with Crippen LogP contribution in [0.1, 0.15) is 24.0 Å². The van der Waals surface area contributed by atoms with E-state index in [9.17, 15) is 14.7 Å². The maximum atomic E-state index is 12.8. The number of hydrogen-bond donors (Lipinski definition) is 2. The number of anilines is 1. The molecular formula is C23H26N2O4. The van der Waals surface area contributed by atoms with E-state index in [-0.39, 0.29) is 18.4 Å². The SMILES string of the molecule is COc1ccccc1N1CCC(NC(=O)CC2(C(=O)O)Cc3ccccc3C2)C1. The maximum absolute atomic E-state index is 12.8. The van der Waals surface area contributed by atoms with Gasteiger partial charge >= 0.3 is 5.97 Å². The fourth-order valence-electron chi connectivity index (χ4n) is 4.62. The lowest BCUT2D eigenvalue weighted by atomic mass is 9.81. The number of carbonyl (C=O) groups is 2. The fraction of sp³-hybridized carbons (Fsp3) is 0.391. The average Bonchev–Trinajstić information content (AvgIpc) is 3.32. The average molecular weight is 394 g/mol. The number of ether oxygens (including phenoxy) is 1. The number of fused-ring (bicyclic) bond motifs is 1. The quantitative estimate of drug-likeness (QED) is 0.788. The lowest BCUT2D eigenvalue weighted by Gasteiger charge is -2.25. The number of carbonyl (C=O) groups excluding carboxylic acids is 1. The normalized spacial score (nSPS) is 19.6. The van der Waals surface area contributed by atoms with E-state index in [4.69, 9.17) is 4.74 Å². The number of nitrogens with zero attached hydrogens (tertiary/aromatic N) is 1. The number of amides is 1. The molecule has 2 N–H and O–H groups in total. The van der Waals surface area contributed by atoms with Crippen LogP contribution < -0.4 is 15.0 Å². The summed E-state index contributed by atoms with van der Waals surface area (Å²) in [5.41, 5.74) is 2.03. The van der Waals surface area contributed by atoms with Gasteiger partial charge in [-0.25, -0.2) is 0 Å². The molecule has 2 aromatic carbocycles. The van der Waals surface area contributed by atoms with Crippen LogP contribution in [0.2, 0.25) is 0 Å². The van der Waals surface area contributed by atoms with E-state index in [1.807, 2.05) is 48.5 Å². The first-order chi connectivity index (χ1) is 14.0. The van der Waals surface area contributed by atoms with Gasteiger partial charge in [0.05, 0.1) is 18.2 Å². The Hall–Kier alpha value is -3.02. The first-order valence-corrected chi connectivity index (χ1v) is 9.98. The fourth-order valence-corrected chi connectivity index (χ4v) is 4.62. The Morgan fingerprint density at radius 1 is 1.14 bits per heavy atom. The Kier molecular flexibility index (Phi) is 5.18. The molecule has 0 saturated carbocycles. The van der Waals surface area contributed by atoms with Gasteiger partial charge in [0.15, 0.2) is 0 Å². The Balaban J connectivity index is 1.39. The number of methoxy groups -OCH3 is 1. The number of hydrogen-bond acceptors (Lipinski definition) is 4. The van der Waals surface area contributed by atoms with Crippen molar-refractivity contribution in [3.8, 4) is 5.75 Å². The van der Waals surface area contributed by atoms with Crippen molar-refractivity contribution < 1.29 is 19.4 Å². The molecule has 29 heavy (non-hydrogen) atoms. The van der Waals surface area contributed by atoms with Crippen LogP contribution in [0.5, 0.6) is 5.75 Å². The van der Waals surface area contributed by atoms with Crippen molar-refractivity contribution in [3.05, 3.63) is 59.7 Å². The molecule has 6 nitrogen and oxygen atoms in total. The van der Waals surface area contributed by atoms with Gasteiger partial charge < -0.3 is 20.1 Å². The third-order valence-electron chi connectivity index (χ3n) is 6.11. The van der Waals surface area contributed by atoms with E-state index in [0.29, 0.717) is 19.4 Å². The Morgan fingerprint density at radius 2 is 1.79 bits per heavy atom. The zero-order valence-electron chi connectivity index (χ0n) is 16.6. The van der Waals surface area contributed by atoms with Crippen molar-refractivity contribution in [3.63, 3.8) is 0 Å². The smallest absolute Gasteiger partial charge is 0.310 e. The molecule has 1 unspecified atom stereocenters. The van der Waals surface area contributed by atoms with Gasteiger partial charge in [0.2, 0.25) is 5.91 Å². The number of rotatable bonds is 6. The van der Waals surface area contributed by atoms with Gasteiger partial charge in [-0.3, -0.25) is 9.59 Å². The molecule has 0 aromatic heterocycles. The number of nitrogens with one attached hydrogen (secondary N) is 1. The third kappa shape index (κ3) is 3.79. The van der Waals surface area contributed by atoms with Crippen LogP contribution in [0, 0.1) is 5.41 Å². The van der Waals surface area contributed by atoms with Crippen LogP contribution in [-0.4, -0.2) is 43.2 Å². The van der Waals surface area contributed by atoms with Crippen molar-refractivity contribution in [1.82, 2.24) is 5.32 Å². The molecule has 1 saturated heterocycles. The van der Waals surface area contributed by atoms with Crippen molar-refractivity contribution >= 4 is 17.6 Å². The van der Waals surface area contributed by atoms with Gasteiger partial charge in [0, 0.05) is 25.6 Å². The standard InChI is InChI=1S/C23H26N2O4/c1-29-20-9-5-4-8-19(20)25-11-10-18(15-25)24-21(26)14-23(22(27)28)12-16-6-2-3-7-17(16)13-23/h2-9,18H,10-15H2,1H3,(H,24,26)(H,27,28). The van der Waals surface area contributed by atoms with Gasteiger partial charge in [-0.05, 0) is 42.5 Å². The summed E-state index contributed by atoms with van der Waals surface area (Å²) in [5, 5.41) is 13.0. The molecule has 1 aliphatic heterocycles. The van der Waals surface area contributed by atoms with Gasteiger partial charge in [-0.2, -0.15) is 0 Å². The lowest BCUT2D eigenvalue weighted by Crippen LogP contribution is -2.42. The first-order valence-electron chi connectivity index (χ1n) is 9.98.